The third-order valence-corrected chi connectivity index (χ3v) is 3.31. The van der Waals surface area contributed by atoms with Crippen molar-refractivity contribution in [2.45, 2.75) is 13.8 Å². The topological polar surface area (TPSA) is 67.2 Å². The van der Waals surface area contributed by atoms with E-state index in [1.807, 2.05) is 19.9 Å². The van der Waals surface area contributed by atoms with E-state index in [0.29, 0.717) is 22.1 Å². The number of benzene rings is 2. The number of nitrogens with one attached hydrogen (secondary N) is 2. The van der Waals surface area contributed by atoms with Gasteiger partial charge in [-0.25, -0.2) is 4.79 Å². The average Bonchev–Trinajstić information content (AvgIpc) is 2.39. The number of carbonyl (C=O) groups is 1. The van der Waals surface area contributed by atoms with Crippen LogP contribution in [0, 0.1) is 13.8 Å². The summed E-state index contributed by atoms with van der Waals surface area (Å²) in [6, 6.07) is 10.4. The standard InChI is InChI=1S/C15H16ClN3O/c1-9-7-10(2)14(8-12(9)17)19-15(20)18-13-6-4-3-5-11(13)16/h3-8H,17H2,1-2H3,(H2,18,19,20). The molecular formula is C15H16ClN3O. The maximum absolute atomic E-state index is 12.0. The Morgan fingerprint density at radius 3 is 2.40 bits per heavy atom. The van der Waals surface area contributed by atoms with Gasteiger partial charge in [0.1, 0.15) is 0 Å². The van der Waals surface area contributed by atoms with Crippen LogP contribution in [0.25, 0.3) is 0 Å². The van der Waals surface area contributed by atoms with Gasteiger partial charge in [-0.2, -0.15) is 0 Å². The van der Waals surface area contributed by atoms with Gasteiger partial charge in [-0.3, -0.25) is 0 Å². The zero-order chi connectivity index (χ0) is 14.7. The Morgan fingerprint density at radius 2 is 1.70 bits per heavy atom. The first-order valence-electron chi connectivity index (χ1n) is 6.16. The minimum atomic E-state index is -0.357. The summed E-state index contributed by atoms with van der Waals surface area (Å²) in [4.78, 5) is 12.0. The molecule has 5 heteroatoms. The maximum Gasteiger partial charge on any atom is 0.323 e. The molecule has 0 spiro atoms. The monoisotopic (exact) mass is 289 g/mol. The van der Waals surface area contributed by atoms with Crippen molar-refractivity contribution in [3.8, 4) is 0 Å². The molecule has 0 aliphatic rings. The van der Waals surface area contributed by atoms with E-state index in [2.05, 4.69) is 10.6 Å². The van der Waals surface area contributed by atoms with Crippen molar-refractivity contribution in [1.29, 1.82) is 0 Å². The fourth-order valence-corrected chi connectivity index (χ4v) is 2.03. The number of anilines is 3. The van der Waals surface area contributed by atoms with Gasteiger partial charge in [-0.05, 0) is 43.2 Å². The molecule has 0 aliphatic carbocycles. The fourth-order valence-electron chi connectivity index (χ4n) is 1.84. The van der Waals surface area contributed by atoms with E-state index in [1.165, 1.54) is 0 Å². The molecule has 2 amide bonds. The number of nitrogen functional groups attached to an aromatic ring is 1. The van der Waals surface area contributed by atoms with Crippen LogP contribution in [0.2, 0.25) is 5.02 Å². The van der Waals surface area contributed by atoms with E-state index in [1.54, 1.807) is 30.3 Å². The number of nitrogens with two attached hydrogens (primary N) is 1. The van der Waals surface area contributed by atoms with E-state index in [-0.39, 0.29) is 6.03 Å². The van der Waals surface area contributed by atoms with E-state index < -0.39 is 0 Å². The summed E-state index contributed by atoms with van der Waals surface area (Å²) in [6.45, 7) is 3.84. The average molecular weight is 290 g/mol. The third-order valence-electron chi connectivity index (χ3n) is 2.98. The number of aryl methyl sites for hydroxylation is 2. The second kappa shape index (κ2) is 5.84. The van der Waals surface area contributed by atoms with Crippen molar-refractivity contribution in [2.75, 3.05) is 16.4 Å². The molecule has 4 N–H and O–H groups in total. The lowest BCUT2D eigenvalue weighted by Gasteiger charge is -2.12. The van der Waals surface area contributed by atoms with Gasteiger partial charge in [0.15, 0.2) is 0 Å². The molecule has 20 heavy (non-hydrogen) atoms. The summed E-state index contributed by atoms with van der Waals surface area (Å²) in [5.74, 6) is 0. The molecule has 2 aromatic rings. The number of para-hydroxylation sites is 1. The number of rotatable bonds is 2. The maximum atomic E-state index is 12.0. The van der Waals surface area contributed by atoms with Crippen LogP contribution in [0.1, 0.15) is 11.1 Å². The number of hydrogen-bond donors (Lipinski definition) is 3. The van der Waals surface area contributed by atoms with E-state index >= 15 is 0 Å². The number of carbonyl (C=O) groups excluding carboxylic acids is 1. The summed E-state index contributed by atoms with van der Waals surface area (Å²) in [7, 11) is 0. The number of amides is 2. The Bertz CT molecular complexity index is 656. The molecular weight excluding hydrogens is 274 g/mol. The molecule has 0 unspecified atom stereocenters. The molecule has 0 saturated carbocycles. The largest absolute Gasteiger partial charge is 0.398 e. The Hall–Kier alpha value is -2.20. The van der Waals surface area contributed by atoms with Crippen molar-refractivity contribution < 1.29 is 4.79 Å². The van der Waals surface area contributed by atoms with Crippen molar-refractivity contribution in [3.63, 3.8) is 0 Å². The van der Waals surface area contributed by atoms with E-state index in [0.717, 1.165) is 11.1 Å². The van der Waals surface area contributed by atoms with Crippen LogP contribution in [-0.4, -0.2) is 6.03 Å². The predicted octanol–water partition coefficient (Wildman–Crippen LogP) is 4.18. The van der Waals surface area contributed by atoms with E-state index in [9.17, 15) is 4.79 Å². The normalized spacial score (nSPS) is 10.2. The van der Waals surface area contributed by atoms with Crippen molar-refractivity contribution >= 4 is 34.7 Å². The number of hydrogen-bond acceptors (Lipinski definition) is 2. The third kappa shape index (κ3) is 3.22. The molecule has 104 valence electrons. The van der Waals surface area contributed by atoms with Crippen LogP contribution >= 0.6 is 11.6 Å². The van der Waals surface area contributed by atoms with E-state index in [4.69, 9.17) is 17.3 Å². The Balaban J connectivity index is 2.13. The van der Waals surface area contributed by atoms with Gasteiger partial charge in [0, 0.05) is 11.4 Å². The molecule has 0 aromatic heterocycles. The summed E-state index contributed by atoms with van der Waals surface area (Å²) >= 11 is 5.99. The first-order valence-corrected chi connectivity index (χ1v) is 6.54. The van der Waals surface area contributed by atoms with Gasteiger partial charge in [-0.1, -0.05) is 29.8 Å². The Morgan fingerprint density at radius 1 is 1.05 bits per heavy atom. The molecule has 0 radical (unpaired) electrons. The van der Waals surface area contributed by atoms with Crippen LogP contribution in [0.4, 0.5) is 21.9 Å². The molecule has 0 saturated heterocycles. The SMILES string of the molecule is Cc1cc(C)c(NC(=O)Nc2ccccc2Cl)cc1N. The first kappa shape index (κ1) is 14.2. The van der Waals surface area contributed by atoms with Gasteiger partial charge in [0.25, 0.3) is 0 Å². The molecule has 0 bridgehead atoms. The molecule has 4 nitrogen and oxygen atoms in total. The Kier molecular flexibility index (Phi) is 4.15. The lowest BCUT2D eigenvalue weighted by molar-refractivity contribution is 0.262. The molecule has 0 aliphatic heterocycles. The van der Waals surface area contributed by atoms with Gasteiger partial charge in [0.05, 0.1) is 10.7 Å². The summed E-state index contributed by atoms with van der Waals surface area (Å²) in [6.07, 6.45) is 0. The molecule has 0 atom stereocenters. The van der Waals surface area contributed by atoms with Gasteiger partial charge in [-0.15, -0.1) is 0 Å². The first-order chi connectivity index (χ1) is 9.47. The van der Waals surface area contributed by atoms with Gasteiger partial charge < -0.3 is 16.4 Å². The lowest BCUT2D eigenvalue weighted by atomic mass is 10.1. The highest BCUT2D eigenvalue weighted by molar-refractivity contribution is 6.33. The zero-order valence-electron chi connectivity index (χ0n) is 11.3. The minimum Gasteiger partial charge on any atom is -0.398 e. The van der Waals surface area contributed by atoms with Crippen LogP contribution in [0.5, 0.6) is 0 Å². The lowest BCUT2D eigenvalue weighted by Crippen LogP contribution is -2.20. The summed E-state index contributed by atoms with van der Waals surface area (Å²) < 4.78 is 0. The highest BCUT2D eigenvalue weighted by atomic mass is 35.5. The van der Waals surface area contributed by atoms with Crippen molar-refractivity contribution in [3.05, 3.63) is 52.5 Å². The molecule has 0 heterocycles. The highest BCUT2D eigenvalue weighted by Crippen LogP contribution is 2.24. The van der Waals surface area contributed by atoms with Crippen molar-refractivity contribution in [1.82, 2.24) is 0 Å². The quantitative estimate of drug-likeness (QED) is 0.726. The molecule has 2 aromatic carbocycles. The molecule has 2 rings (SSSR count). The van der Waals surface area contributed by atoms with Crippen LogP contribution < -0.4 is 16.4 Å². The Labute approximate surface area is 122 Å². The van der Waals surface area contributed by atoms with Crippen LogP contribution in [0.15, 0.2) is 36.4 Å². The van der Waals surface area contributed by atoms with Crippen LogP contribution in [-0.2, 0) is 0 Å². The minimum absolute atomic E-state index is 0.357. The zero-order valence-corrected chi connectivity index (χ0v) is 12.1. The second-order valence-corrected chi connectivity index (χ2v) is 4.99. The van der Waals surface area contributed by atoms with Crippen molar-refractivity contribution in [2.24, 2.45) is 0 Å². The van der Waals surface area contributed by atoms with Gasteiger partial charge >= 0.3 is 6.03 Å². The number of urea groups is 1. The molecule has 0 fully saturated rings. The number of halogens is 1. The van der Waals surface area contributed by atoms with Gasteiger partial charge in [0.2, 0.25) is 0 Å². The predicted molar refractivity (Wildman–Crippen MR) is 84.4 cm³/mol. The summed E-state index contributed by atoms with van der Waals surface area (Å²) in [5.41, 5.74) is 9.67. The van der Waals surface area contributed by atoms with Crippen LogP contribution in [0.3, 0.4) is 0 Å². The summed E-state index contributed by atoms with van der Waals surface area (Å²) in [5, 5.41) is 5.95. The second-order valence-electron chi connectivity index (χ2n) is 4.58. The highest BCUT2D eigenvalue weighted by Gasteiger charge is 2.08. The smallest absolute Gasteiger partial charge is 0.323 e. The fraction of sp³-hybridized carbons (Fsp3) is 0.133.